The Morgan fingerprint density at radius 2 is 1.88 bits per heavy atom. The monoisotopic (exact) mass is 367 g/mol. The van der Waals surface area contributed by atoms with E-state index in [0.29, 0.717) is 11.1 Å². The summed E-state index contributed by atoms with van der Waals surface area (Å²) in [4.78, 5) is 16.2. The van der Waals surface area contributed by atoms with Gasteiger partial charge in [-0.1, -0.05) is 42.1 Å². The molecule has 0 aliphatic rings. The molecule has 1 atom stereocenters. The van der Waals surface area contributed by atoms with Gasteiger partial charge in [0.1, 0.15) is 0 Å². The van der Waals surface area contributed by atoms with Crippen molar-refractivity contribution in [2.75, 3.05) is 0 Å². The Balaban J connectivity index is 1.59. The van der Waals surface area contributed by atoms with Crippen molar-refractivity contribution in [3.05, 3.63) is 60.4 Å². The molecule has 0 fully saturated rings. The third-order valence-electron chi connectivity index (χ3n) is 3.51. The van der Waals surface area contributed by atoms with Gasteiger partial charge in [0.05, 0.1) is 11.0 Å². The maximum absolute atomic E-state index is 12.2. The lowest BCUT2D eigenvalue weighted by molar-refractivity contribution is -0.120. The number of hydrogen-bond acceptors (Lipinski definition) is 7. The van der Waals surface area contributed by atoms with E-state index in [1.54, 1.807) is 31.5 Å². The van der Waals surface area contributed by atoms with Gasteiger partial charge >= 0.3 is 0 Å². The van der Waals surface area contributed by atoms with Crippen LogP contribution in [0.3, 0.4) is 0 Å². The number of carbonyl (C=O) groups excluding carboxylic acids is 1. The second kappa shape index (κ2) is 8.39. The average Bonchev–Trinajstić information content (AvgIpc) is 3.15. The lowest BCUT2D eigenvalue weighted by Crippen LogP contribution is -2.27. The molecule has 0 spiro atoms. The van der Waals surface area contributed by atoms with E-state index in [0.717, 1.165) is 16.8 Å². The molecular weight excluding hydrogens is 350 g/mol. The second-order valence-corrected chi connectivity index (χ2v) is 6.70. The Labute approximate surface area is 154 Å². The maximum atomic E-state index is 12.2. The van der Waals surface area contributed by atoms with Gasteiger partial charge in [0.25, 0.3) is 11.1 Å². The SMILES string of the molecule is CC(=NNC(=O)C(C)Sc1nnc(-c2ccncc2)o1)c1ccccc1. The van der Waals surface area contributed by atoms with Crippen molar-refractivity contribution in [2.24, 2.45) is 5.10 Å². The van der Waals surface area contributed by atoms with Crippen LogP contribution < -0.4 is 5.43 Å². The average molecular weight is 367 g/mol. The molecule has 26 heavy (non-hydrogen) atoms. The Hall–Kier alpha value is -3.00. The Kier molecular flexibility index (Phi) is 5.75. The molecule has 3 rings (SSSR count). The van der Waals surface area contributed by atoms with Crippen LogP contribution in [0.15, 0.2) is 69.6 Å². The summed E-state index contributed by atoms with van der Waals surface area (Å²) < 4.78 is 5.58. The lowest BCUT2D eigenvalue weighted by atomic mass is 10.1. The molecule has 0 saturated carbocycles. The summed E-state index contributed by atoms with van der Waals surface area (Å²) in [7, 11) is 0. The van der Waals surface area contributed by atoms with E-state index in [4.69, 9.17) is 4.42 Å². The van der Waals surface area contributed by atoms with Gasteiger partial charge < -0.3 is 4.42 Å². The Morgan fingerprint density at radius 3 is 2.62 bits per heavy atom. The highest BCUT2D eigenvalue weighted by atomic mass is 32.2. The topological polar surface area (TPSA) is 93.3 Å². The molecule has 1 N–H and O–H groups in total. The predicted octanol–water partition coefficient (Wildman–Crippen LogP) is 3.15. The first-order valence-electron chi connectivity index (χ1n) is 7.93. The highest BCUT2D eigenvalue weighted by molar-refractivity contribution is 8.00. The van der Waals surface area contributed by atoms with Crippen molar-refractivity contribution in [2.45, 2.75) is 24.3 Å². The smallest absolute Gasteiger partial charge is 0.277 e. The molecule has 7 nitrogen and oxygen atoms in total. The fourth-order valence-electron chi connectivity index (χ4n) is 2.05. The van der Waals surface area contributed by atoms with Gasteiger partial charge in [-0.25, -0.2) is 5.43 Å². The fraction of sp³-hybridized carbons (Fsp3) is 0.167. The van der Waals surface area contributed by atoms with E-state index in [1.807, 2.05) is 37.3 Å². The predicted molar refractivity (Wildman–Crippen MR) is 99.6 cm³/mol. The molecule has 2 heterocycles. The van der Waals surface area contributed by atoms with E-state index in [9.17, 15) is 4.79 Å². The van der Waals surface area contributed by atoms with Crippen LogP contribution in [-0.4, -0.2) is 32.1 Å². The molecule has 0 aliphatic heterocycles. The second-order valence-electron chi connectivity index (χ2n) is 5.41. The Bertz CT molecular complexity index is 896. The van der Waals surface area contributed by atoms with Gasteiger partial charge in [0.2, 0.25) is 5.89 Å². The number of rotatable bonds is 6. The summed E-state index contributed by atoms with van der Waals surface area (Å²) in [6.45, 7) is 3.59. The van der Waals surface area contributed by atoms with Crippen molar-refractivity contribution in [1.82, 2.24) is 20.6 Å². The molecule has 1 aromatic carbocycles. The summed E-state index contributed by atoms with van der Waals surface area (Å²) >= 11 is 1.18. The van der Waals surface area contributed by atoms with E-state index < -0.39 is 5.25 Å². The van der Waals surface area contributed by atoms with Crippen LogP contribution in [-0.2, 0) is 4.79 Å². The van der Waals surface area contributed by atoms with E-state index in [1.165, 1.54) is 11.8 Å². The van der Waals surface area contributed by atoms with Crippen molar-refractivity contribution >= 4 is 23.4 Å². The van der Waals surface area contributed by atoms with Crippen LogP contribution >= 0.6 is 11.8 Å². The van der Waals surface area contributed by atoms with Gasteiger partial charge in [-0.15, -0.1) is 10.2 Å². The molecule has 3 aromatic rings. The van der Waals surface area contributed by atoms with Crippen LogP contribution in [0.2, 0.25) is 0 Å². The lowest BCUT2D eigenvalue weighted by Gasteiger charge is -2.07. The molecule has 0 radical (unpaired) electrons. The van der Waals surface area contributed by atoms with E-state index >= 15 is 0 Å². The van der Waals surface area contributed by atoms with Gasteiger partial charge in [-0.2, -0.15) is 5.10 Å². The minimum absolute atomic E-state index is 0.242. The first-order valence-corrected chi connectivity index (χ1v) is 8.81. The largest absolute Gasteiger partial charge is 0.411 e. The molecule has 8 heteroatoms. The highest BCUT2D eigenvalue weighted by Gasteiger charge is 2.18. The zero-order valence-corrected chi connectivity index (χ0v) is 15.1. The van der Waals surface area contributed by atoms with Crippen LogP contribution in [0, 0.1) is 0 Å². The molecule has 1 unspecified atom stereocenters. The minimum atomic E-state index is -0.437. The number of nitrogens with one attached hydrogen (secondary N) is 1. The molecule has 132 valence electrons. The summed E-state index contributed by atoms with van der Waals surface area (Å²) in [6, 6.07) is 13.2. The van der Waals surface area contributed by atoms with Gasteiger partial charge in [0.15, 0.2) is 0 Å². The third-order valence-corrected chi connectivity index (χ3v) is 4.44. The van der Waals surface area contributed by atoms with Gasteiger partial charge in [0, 0.05) is 18.0 Å². The molecule has 2 aromatic heterocycles. The number of hydrazone groups is 1. The fourth-order valence-corrected chi connectivity index (χ4v) is 2.72. The van der Waals surface area contributed by atoms with E-state index in [-0.39, 0.29) is 5.91 Å². The van der Waals surface area contributed by atoms with Crippen LogP contribution in [0.5, 0.6) is 0 Å². The van der Waals surface area contributed by atoms with Gasteiger partial charge in [-0.3, -0.25) is 9.78 Å². The third kappa shape index (κ3) is 4.54. The number of hydrogen-bond donors (Lipinski definition) is 1. The normalized spacial score (nSPS) is 12.6. The molecular formula is C18H17N5O2S. The molecule has 0 saturated heterocycles. The highest BCUT2D eigenvalue weighted by Crippen LogP contribution is 2.25. The minimum Gasteiger partial charge on any atom is -0.411 e. The standard InChI is InChI=1S/C18H17N5O2S/c1-12(14-6-4-3-5-7-14)20-21-16(24)13(2)26-18-23-22-17(25-18)15-8-10-19-11-9-15/h3-11,13H,1-2H3,(H,21,24). The van der Waals surface area contributed by atoms with E-state index in [2.05, 4.69) is 25.7 Å². The quantitative estimate of drug-likeness (QED) is 0.409. The number of thioether (sulfide) groups is 1. The first kappa shape index (κ1) is 17.8. The number of carbonyl (C=O) groups is 1. The summed E-state index contributed by atoms with van der Waals surface area (Å²) in [5, 5.41) is 12.0. The van der Waals surface area contributed by atoms with Crippen molar-refractivity contribution in [1.29, 1.82) is 0 Å². The Morgan fingerprint density at radius 1 is 1.15 bits per heavy atom. The van der Waals surface area contributed by atoms with Crippen LogP contribution in [0.1, 0.15) is 19.4 Å². The number of pyridine rings is 1. The van der Waals surface area contributed by atoms with Crippen molar-refractivity contribution < 1.29 is 9.21 Å². The van der Waals surface area contributed by atoms with Crippen LogP contribution in [0.25, 0.3) is 11.5 Å². The number of amides is 1. The van der Waals surface area contributed by atoms with Gasteiger partial charge in [-0.05, 0) is 31.5 Å². The molecule has 0 bridgehead atoms. The molecule has 1 amide bonds. The summed E-state index contributed by atoms with van der Waals surface area (Å²) in [5.74, 6) is 0.148. The summed E-state index contributed by atoms with van der Waals surface area (Å²) in [6.07, 6.45) is 3.30. The zero-order valence-electron chi connectivity index (χ0n) is 14.3. The first-order chi connectivity index (χ1) is 12.6. The number of benzene rings is 1. The number of aromatic nitrogens is 3. The van der Waals surface area contributed by atoms with Crippen molar-refractivity contribution in [3.63, 3.8) is 0 Å². The number of nitrogens with zero attached hydrogens (tertiary/aromatic N) is 4. The van der Waals surface area contributed by atoms with Crippen molar-refractivity contribution in [3.8, 4) is 11.5 Å². The molecule has 0 aliphatic carbocycles. The maximum Gasteiger partial charge on any atom is 0.277 e. The van der Waals surface area contributed by atoms with Crippen LogP contribution in [0.4, 0.5) is 0 Å². The zero-order chi connectivity index (χ0) is 18.4. The summed E-state index contributed by atoms with van der Waals surface area (Å²) in [5.41, 5.74) is 5.03.